The van der Waals surface area contributed by atoms with Crippen LogP contribution in [0.5, 0.6) is 5.75 Å². The number of carbonyl (C=O) groups is 1. The number of anilines is 2. The van der Waals surface area contributed by atoms with Crippen molar-refractivity contribution in [1.29, 1.82) is 0 Å². The second-order valence-electron chi connectivity index (χ2n) is 7.22. The lowest BCUT2D eigenvalue weighted by Crippen LogP contribution is -2.23. The van der Waals surface area contributed by atoms with Gasteiger partial charge in [-0.15, -0.1) is 0 Å². The smallest absolute Gasteiger partial charge is 0.261 e. The molecule has 0 aromatic heterocycles. The molecule has 7 nitrogen and oxygen atoms in total. The molecular formula is C21H24N2O5S. The highest BCUT2D eigenvalue weighted by atomic mass is 32.2. The van der Waals surface area contributed by atoms with Gasteiger partial charge >= 0.3 is 0 Å². The number of benzene rings is 2. The Morgan fingerprint density at radius 3 is 2.66 bits per heavy atom. The molecule has 0 saturated carbocycles. The minimum atomic E-state index is -3.75. The van der Waals surface area contributed by atoms with Crippen molar-refractivity contribution in [2.45, 2.75) is 36.7 Å². The summed E-state index contributed by atoms with van der Waals surface area (Å²) in [5.41, 5.74) is 1.14. The first-order valence-corrected chi connectivity index (χ1v) is 11.3. The molecule has 2 aromatic carbocycles. The molecule has 0 spiro atoms. The summed E-state index contributed by atoms with van der Waals surface area (Å²) in [7, 11) is -3.75. The van der Waals surface area contributed by atoms with E-state index in [4.69, 9.17) is 9.47 Å². The van der Waals surface area contributed by atoms with Crippen LogP contribution in [0.3, 0.4) is 0 Å². The Bertz CT molecular complexity index is 969. The van der Waals surface area contributed by atoms with Gasteiger partial charge in [-0.3, -0.25) is 9.52 Å². The molecule has 0 radical (unpaired) electrons. The maximum Gasteiger partial charge on any atom is 0.261 e. The van der Waals surface area contributed by atoms with E-state index in [2.05, 4.69) is 4.72 Å². The van der Waals surface area contributed by atoms with Crippen molar-refractivity contribution in [3.8, 4) is 5.75 Å². The van der Waals surface area contributed by atoms with E-state index in [9.17, 15) is 13.2 Å². The number of carbonyl (C=O) groups excluding carboxylic acids is 1. The van der Waals surface area contributed by atoms with E-state index in [1.807, 2.05) is 0 Å². The lowest BCUT2D eigenvalue weighted by molar-refractivity contribution is -0.117. The molecule has 2 aliphatic heterocycles. The van der Waals surface area contributed by atoms with Gasteiger partial charge in [-0.2, -0.15) is 0 Å². The Morgan fingerprint density at radius 2 is 1.97 bits per heavy atom. The van der Waals surface area contributed by atoms with Gasteiger partial charge in [0.25, 0.3) is 10.0 Å². The van der Waals surface area contributed by atoms with E-state index < -0.39 is 10.0 Å². The Hall–Kier alpha value is -2.58. The van der Waals surface area contributed by atoms with Crippen LogP contribution >= 0.6 is 0 Å². The van der Waals surface area contributed by atoms with Gasteiger partial charge in [0.05, 0.1) is 16.7 Å². The third-order valence-corrected chi connectivity index (χ3v) is 6.48. The number of nitrogens with zero attached hydrogens (tertiary/aromatic N) is 1. The monoisotopic (exact) mass is 416 g/mol. The number of nitrogens with one attached hydrogen (secondary N) is 1. The molecule has 4 rings (SSSR count). The van der Waals surface area contributed by atoms with Crippen molar-refractivity contribution in [2.75, 3.05) is 29.4 Å². The highest BCUT2D eigenvalue weighted by molar-refractivity contribution is 7.92. The summed E-state index contributed by atoms with van der Waals surface area (Å²) in [5, 5.41) is 0. The minimum absolute atomic E-state index is 0.0681. The predicted molar refractivity (Wildman–Crippen MR) is 110 cm³/mol. The first-order chi connectivity index (χ1) is 14.0. The molecule has 0 unspecified atom stereocenters. The first-order valence-electron chi connectivity index (χ1n) is 9.79. The molecule has 8 heteroatoms. The van der Waals surface area contributed by atoms with Crippen LogP contribution in [0.1, 0.15) is 25.7 Å². The molecule has 0 bridgehead atoms. The van der Waals surface area contributed by atoms with Gasteiger partial charge in [0.2, 0.25) is 5.91 Å². The average Bonchev–Trinajstić information content (AvgIpc) is 3.38. The van der Waals surface area contributed by atoms with E-state index in [-0.39, 0.29) is 16.9 Å². The van der Waals surface area contributed by atoms with Crippen LogP contribution in [0.25, 0.3) is 0 Å². The zero-order valence-electron chi connectivity index (χ0n) is 16.0. The highest BCUT2D eigenvalue weighted by Crippen LogP contribution is 2.25. The van der Waals surface area contributed by atoms with Gasteiger partial charge in [-0.25, -0.2) is 8.42 Å². The normalized spacial score (nSPS) is 19.5. The van der Waals surface area contributed by atoms with Crippen LogP contribution < -0.4 is 14.4 Å². The summed E-state index contributed by atoms with van der Waals surface area (Å²) < 4.78 is 39.3. The number of rotatable bonds is 7. The van der Waals surface area contributed by atoms with Gasteiger partial charge < -0.3 is 14.4 Å². The summed E-state index contributed by atoms with van der Waals surface area (Å²) in [6.07, 6.45) is 3.47. The number of hydrogen-bond acceptors (Lipinski definition) is 5. The van der Waals surface area contributed by atoms with Gasteiger partial charge in [0, 0.05) is 31.3 Å². The lowest BCUT2D eigenvalue weighted by atomic mass is 10.2. The van der Waals surface area contributed by atoms with Crippen LogP contribution in [0, 0.1) is 0 Å². The Kier molecular flexibility index (Phi) is 5.73. The van der Waals surface area contributed by atoms with Crippen molar-refractivity contribution in [3.63, 3.8) is 0 Å². The third kappa shape index (κ3) is 4.71. The summed E-state index contributed by atoms with van der Waals surface area (Å²) >= 11 is 0. The minimum Gasteiger partial charge on any atom is -0.491 e. The molecule has 2 fully saturated rings. The summed E-state index contributed by atoms with van der Waals surface area (Å²) in [5.74, 6) is 0.655. The molecular weight excluding hydrogens is 392 g/mol. The van der Waals surface area contributed by atoms with Gasteiger partial charge in [-0.05, 0) is 55.7 Å². The predicted octanol–water partition coefficient (Wildman–Crippen LogP) is 3.17. The fourth-order valence-electron chi connectivity index (χ4n) is 3.55. The molecule has 2 aliphatic rings. The molecule has 2 saturated heterocycles. The topological polar surface area (TPSA) is 84.9 Å². The molecule has 154 valence electrons. The molecule has 2 aromatic rings. The van der Waals surface area contributed by atoms with Crippen LogP contribution in [-0.4, -0.2) is 40.2 Å². The molecule has 29 heavy (non-hydrogen) atoms. The average molecular weight is 416 g/mol. The van der Waals surface area contributed by atoms with E-state index >= 15 is 0 Å². The van der Waals surface area contributed by atoms with Crippen molar-refractivity contribution >= 4 is 27.3 Å². The molecule has 1 N–H and O–H groups in total. The van der Waals surface area contributed by atoms with Crippen molar-refractivity contribution in [1.82, 2.24) is 0 Å². The standard InChI is InChI=1S/C21H24N2O5S/c24-21-7-2-12-23(21)17-8-10-20(11-9-17)29(25,26)22-16-4-1-5-18(14-16)28-15-19-6-3-13-27-19/h1,4-5,8-11,14,19,22H,2-3,6-7,12-13,15H2/t19-/m1/s1. The van der Waals surface area contributed by atoms with Crippen molar-refractivity contribution in [3.05, 3.63) is 48.5 Å². The van der Waals surface area contributed by atoms with Gasteiger partial charge in [0.1, 0.15) is 12.4 Å². The summed E-state index contributed by atoms with van der Waals surface area (Å²) in [6.45, 7) is 1.88. The summed E-state index contributed by atoms with van der Waals surface area (Å²) in [4.78, 5) is 13.7. The molecule has 1 amide bonds. The first kappa shape index (κ1) is 19.7. The number of amides is 1. The third-order valence-electron chi connectivity index (χ3n) is 5.08. The molecule has 0 aliphatic carbocycles. The second-order valence-corrected chi connectivity index (χ2v) is 8.90. The number of ether oxygens (including phenoxy) is 2. The van der Waals surface area contributed by atoms with E-state index in [0.717, 1.165) is 31.6 Å². The second kappa shape index (κ2) is 8.42. The largest absolute Gasteiger partial charge is 0.491 e. The van der Waals surface area contributed by atoms with E-state index in [1.165, 1.54) is 12.1 Å². The quantitative estimate of drug-likeness (QED) is 0.749. The zero-order chi connectivity index (χ0) is 20.3. The zero-order valence-corrected chi connectivity index (χ0v) is 16.9. The SMILES string of the molecule is O=C1CCCN1c1ccc(S(=O)(=O)Nc2cccc(OC[C@H]3CCCO3)c2)cc1. The Morgan fingerprint density at radius 1 is 1.14 bits per heavy atom. The van der Waals surface area contributed by atoms with Gasteiger partial charge in [-0.1, -0.05) is 6.07 Å². The number of sulfonamides is 1. The van der Waals surface area contributed by atoms with E-state index in [1.54, 1.807) is 41.3 Å². The molecule has 2 heterocycles. The Balaban J connectivity index is 1.42. The van der Waals surface area contributed by atoms with Crippen LogP contribution in [0.2, 0.25) is 0 Å². The lowest BCUT2D eigenvalue weighted by Gasteiger charge is -2.16. The van der Waals surface area contributed by atoms with Crippen molar-refractivity contribution < 1.29 is 22.7 Å². The maximum atomic E-state index is 12.7. The van der Waals surface area contributed by atoms with E-state index in [0.29, 0.717) is 31.0 Å². The number of hydrogen-bond donors (Lipinski definition) is 1. The highest BCUT2D eigenvalue weighted by Gasteiger charge is 2.22. The van der Waals surface area contributed by atoms with Gasteiger partial charge in [0.15, 0.2) is 0 Å². The summed E-state index contributed by atoms with van der Waals surface area (Å²) in [6, 6.07) is 13.2. The van der Waals surface area contributed by atoms with Crippen LogP contribution in [0.15, 0.2) is 53.4 Å². The van der Waals surface area contributed by atoms with Crippen LogP contribution in [0.4, 0.5) is 11.4 Å². The fourth-order valence-corrected chi connectivity index (χ4v) is 4.60. The molecule has 1 atom stereocenters. The maximum absolute atomic E-state index is 12.7. The van der Waals surface area contributed by atoms with Crippen molar-refractivity contribution in [2.24, 2.45) is 0 Å². The Labute approximate surface area is 170 Å². The fraction of sp³-hybridized carbons (Fsp3) is 0.381. The van der Waals surface area contributed by atoms with Crippen LogP contribution in [-0.2, 0) is 19.6 Å².